The van der Waals surface area contributed by atoms with Crippen molar-refractivity contribution < 1.29 is 9.53 Å². The number of carbonyl (C=O) groups excluding carboxylic acids is 1. The van der Waals surface area contributed by atoms with Gasteiger partial charge in [0.15, 0.2) is 0 Å². The van der Waals surface area contributed by atoms with E-state index in [1.54, 1.807) is 0 Å². The molecular weight excluding hydrogens is 228 g/mol. The van der Waals surface area contributed by atoms with E-state index in [-0.39, 0.29) is 30.0 Å². The highest BCUT2D eigenvalue weighted by atomic mass is 16.5. The van der Waals surface area contributed by atoms with Gasteiger partial charge in [-0.05, 0) is 44.4 Å². The molecule has 102 valence electrons. The van der Waals surface area contributed by atoms with E-state index in [9.17, 15) is 4.79 Å². The third-order valence-electron chi connectivity index (χ3n) is 4.78. The summed E-state index contributed by atoms with van der Waals surface area (Å²) in [6.45, 7) is 2.19. The van der Waals surface area contributed by atoms with Gasteiger partial charge in [0.05, 0.1) is 18.2 Å². The van der Waals surface area contributed by atoms with Crippen LogP contribution in [-0.4, -0.2) is 30.2 Å². The minimum absolute atomic E-state index is 0.114. The summed E-state index contributed by atoms with van der Waals surface area (Å²) < 4.78 is 5.78. The quantitative estimate of drug-likeness (QED) is 0.776. The van der Waals surface area contributed by atoms with Gasteiger partial charge in [0.25, 0.3) is 0 Å². The van der Waals surface area contributed by atoms with Gasteiger partial charge < -0.3 is 15.8 Å². The summed E-state index contributed by atoms with van der Waals surface area (Å²) in [6.07, 6.45) is 6.84. The van der Waals surface area contributed by atoms with Crippen molar-refractivity contribution in [3.63, 3.8) is 0 Å². The molecule has 2 bridgehead atoms. The molecule has 6 unspecified atom stereocenters. The highest BCUT2D eigenvalue weighted by Crippen LogP contribution is 2.35. The SMILES string of the molecule is CC1CC(N)CC(C(=O)NC2CC3CCC2O3)C1. The second-order valence-electron chi connectivity index (χ2n) is 6.49. The Balaban J connectivity index is 1.55. The molecule has 4 nitrogen and oxygen atoms in total. The van der Waals surface area contributed by atoms with Crippen LogP contribution in [0.5, 0.6) is 0 Å². The Bertz CT molecular complexity index is 324. The highest BCUT2D eigenvalue weighted by molar-refractivity contribution is 5.79. The number of carbonyl (C=O) groups is 1. The Morgan fingerprint density at radius 2 is 2.06 bits per heavy atom. The molecule has 3 fully saturated rings. The van der Waals surface area contributed by atoms with Crippen LogP contribution in [0.15, 0.2) is 0 Å². The van der Waals surface area contributed by atoms with E-state index >= 15 is 0 Å². The van der Waals surface area contributed by atoms with Crippen LogP contribution in [0.25, 0.3) is 0 Å². The van der Waals surface area contributed by atoms with Crippen molar-refractivity contribution in [3.05, 3.63) is 0 Å². The topological polar surface area (TPSA) is 64.4 Å². The van der Waals surface area contributed by atoms with Crippen LogP contribution in [0.1, 0.15) is 45.4 Å². The van der Waals surface area contributed by atoms with Crippen molar-refractivity contribution in [3.8, 4) is 0 Å². The zero-order valence-electron chi connectivity index (χ0n) is 11.1. The summed E-state index contributed by atoms with van der Waals surface area (Å²) in [5.74, 6) is 0.891. The van der Waals surface area contributed by atoms with Gasteiger partial charge in [-0.15, -0.1) is 0 Å². The second-order valence-corrected chi connectivity index (χ2v) is 6.49. The van der Waals surface area contributed by atoms with E-state index in [0.29, 0.717) is 12.0 Å². The van der Waals surface area contributed by atoms with Gasteiger partial charge in [0.1, 0.15) is 0 Å². The molecule has 0 radical (unpaired) electrons. The largest absolute Gasteiger partial charge is 0.373 e. The fraction of sp³-hybridized carbons (Fsp3) is 0.929. The Hall–Kier alpha value is -0.610. The van der Waals surface area contributed by atoms with Gasteiger partial charge >= 0.3 is 0 Å². The lowest BCUT2D eigenvalue weighted by atomic mass is 9.79. The number of hydrogen-bond acceptors (Lipinski definition) is 3. The lowest BCUT2D eigenvalue weighted by Gasteiger charge is -2.32. The summed E-state index contributed by atoms with van der Waals surface area (Å²) in [7, 11) is 0. The summed E-state index contributed by atoms with van der Waals surface area (Å²) in [5, 5.41) is 3.20. The number of fused-ring (bicyclic) bond motifs is 2. The maximum Gasteiger partial charge on any atom is 0.223 e. The Morgan fingerprint density at radius 1 is 1.22 bits per heavy atom. The molecule has 1 saturated carbocycles. The normalized spacial score (nSPS) is 47.2. The van der Waals surface area contributed by atoms with Crippen LogP contribution < -0.4 is 11.1 Å². The molecule has 3 N–H and O–H groups in total. The lowest BCUT2D eigenvalue weighted by molar-refractivity contribution is -0.127. The fourth-order valence-electron chi connectivity index (χ4n) is 3.96. The monoisotopic (exact) mass is 252 g/mol. The molecule has 1 aliphatic carbocycles. The molecule has 2 saturated heterocycles. The van der Waals surface area contributed by atoms with Gasteiger partial charge in [0.2, 0.25) is 5.91 Å². The van der Waals surface area contributed by atoms with E-state index in [0.717, 1.165) is 32.1 Å². The predicted molar refractivity (Wildman–Crippen MR) is 68.9 cm³/mol. The van der Waals surface area contributed by atoms with Gasteiger partial charge in [0, 0.05) is 12.0 Å². The predicted octanol–water partition coefficient (Wildman–Crippen LogP) is 1.19. The Labute approximate surface area is 109 Å². The number of hydrogen-bond donors (Lipinski definition) is 2. The van der Waals surface area contributed by atoms with Crippen LogP contribution >= 0.6 is 0 Å². The van der Waals surface area contributed by atoms with Crippen molar-refractivity contribution >= 4 is 5.91 Å². The first-order valence-corrected chi connectivity index (χ1v) is 7.33. The second kappa shape index (κ2) is 4.82. The van der Waals surface area contributed by atoms with Crippen molar-refractivity contribution in [1.82, 2.24) is 5.32 Å². The maximum atomic E-state index is 12.3. The van der Waals surface area contributed by atoms with Crippen molar-refractivity contribution in [2.75, 3.05) is 0 Å². The van der Waals surface area contributed by atoms with Crippen molar-refractivity contribution in [1.29, 1.82) is 0 Å². The van der Waals surface area contributed by atoms with Crippen LogP contribution in [-0.2, 0) is 9.53 Å². The van der Waals surface area contributed by atoms with E-state index in [1.807, 2.05) is 0 Å². The molecule has 6 atom stereocenters. The number of amides is 1. The third-order valence-corrected chi connectivity index (χ3v) is 4.78. The first-order valence-electron chi connectivity index (χ1n) is 7.33. The van der Waals surface area contributed by atoms with Gasteiger partial charge in [-0.3, -0.25) is 4.79 Å². The smallest absolute Gasteiger partial charge is 0.223 e. The van der Waals surface area contributed by atoms with Gasteiger partial charge in [-0.1, -0.05) is 6.92 Å². The summed E-state index contributed by atoms with van der Waals surface area (Å²) >= 11 is 0. The number of rotatable bonds is 2. The average Bonchev–Trinajstić information content (AvgIpc) is 2.89. The molecule has 0 aromatic heterocycles. The minimum Gasteiger partial charge on any atom is -0.373 e. The zero-order chi connectivity index (χ0) is 12.7. The van der Waals surface area contributed by atoms with Crippen LogP contribution in [0.4, 0.5) is 0 Å². The molecule has 0 aromatic rings. The van der Waals surface area contributed by atoms with Gasteiger partial charge in [-0.2, -0.15) is 0 Å². The zero-order valence-corrected chi connectivity index (χ0v) is 11.1. The average molecular weight is 252 g/mol. The first kappa shape index (κ1) is 12.4. The number of ether oxygens (including phenoxy) is 1. The van der Waals surface area contributed by atoms with Crippen LogP contribution in [0, 0.1) is 11.8 Å². The summed E-state index contributed by atoms with van der Waals surface area (Å²) in [5.41, 5.74) is 6.02. The van der Waals surface area contributed by atoms with E-state index in [2.05, 4.69) is 12.2 Å². The van der Waals surface area contributed by atoms with Crippen LogP contribution in [0.3, 0.4) is 0 Å². The number of nitrogens with one attached hydrogen (secondary N) is 1. The molecule has 2 aliphatic heterocycles. The molecule has 2 heterocycles. The van der Waals surface area contributed by atoms with Crippen molar-refractivity contribution in [2.45, 2.75) is 69.7 Å². The minimum atomic E-state index is 0.114. The molecule has 3 aliphatic rings. The lowest BCUT2D eigenvalue weighted by Crippen LogP contribution is -2.46. The molecule has 1 amide bonds. The Kier molecular flexibility index (Phi) is 3.32. The van der Waals surface area contributed by atoms with E-state index in [1.165, 1.54) is 6.42 Å². The molecule has 4 heteroatoms. The van der Waals surface area contributed by atoms with Crippen LogP contribution in [0.2, 0.25) is 0 Å². The van der Waals surface area contributed by atoms with E-state index in [4.69, 9.17) is 10.5 Å². The molecule has 0 spiro atoms. The number of nitrogens with two attached hydrogens (primary N) is 1. The van der Waals surface area contributed by atoms with Gasteiger partial charge in [-0.25, -0.2) is 0 Å². The van der Waals surface area contributed by atoms with E-state index < -0.39 is 0 Å². The molecule has 0 aromatic carbocycles. The standard InChI is InChI=1S/C14H24N2O2/c1-8-4-9(6-10(15)5-8)14(17)16-12-7-11-2-3-13(12)18-11/h8-13H,2-7,15H2,1H3,(H,16,17). The van der Waals surface area contributed by atoms with Crippen molar-refractivity contribution in [2.24, 2.45) is 17.6 Å². The first-order chi connectivity index (χ1) is 8.61. The highest BCUT2D eigenvalue weighted by Gasteiger charge is 2.42. The maximum absolute atomic E-state index is 12.3. The molecule has 3 rings (SSSR count). The summed E-state index contributed by atoms with van der Waals surface area (Å²) in [4.78, 5) is 12.3. The fourth-order valence-corrected chi connectivity index (χ4v) is 3.96. The molecular formula is C14H24N2O2. The summed E-state index contributed by atoms with van der Waals surface area (Å²) in [6, 6.07) is 0.450. The Morgan fingerprint density at radius 3 is 2.67 bits per heavy atom. The third kappa shape index (κ3) is 2.41. The molecule has 18 heavy (non-hydrogen) atoms.